The number of hydrogen-bond acceptors (Lipinski definition) is 8. The van der Waals surface area contributed by atoms with Crippen LogP contribution in [-0.4, -0.2) is 64.7 Å². The van der Waals surface area contributed by atoms with Crippen molar-refractivity contribution in [3.63, 3.8) is 0 Å². The summed E-state index contributed by atoms with van der Waals surface area (Å²) >= 11 is 11.2. The second kappa shape index (κ2) is 12.6. The number of benzene rings is 2. The molecule has 0 amide bonds. The lowest BCUT2D eigenvalue weighted by atomic mass is 10.2. The summed E-state index contributed by atoms with van der Waals surface area (Å²) in [6.45, 7) is 7.35. The highest BCUT2D eigenvalue weighted by atomic mass is 79.9. The predicted molar refractivity (Wildman–Crippen MR) is 164 cm³/mol. The first-order valence-corrected chi connectivity index (χ1v) is 14.4. The van der Waals surface area contributed by atoms with Gasteiger partial charge in [-0.3, -0.25) is 9.36 Å². The molecule has 2 aromatic heterocycles. The van der Waals surface area contributed by atoms with E-state index in [0.29, 0.717) is 5.02 Å². The predicted octanol–water partition coefficient (Wildman–Crippen LogP) is 6.67. The highest BCUT2D eigenvalue weighted by Gasteiger charge is 2.21. The Kier molecular flexibility index (Phi) is 9.43. The summed E-state index contributed by atoms with van der Waals surface area (Å²) in [4.78, 5) is 24.9. The third-order valence-electron chi connectivity index (χ3n) is 5.46. The normalized spacial score (nSPS) is 11.7. The van der Waals surface area contributed by atoms with Crippen molar-refractivity contribution >= 4 is 67.9 Å². The Bertz CT molecular complexity index is 1420. The molecule has 8 nitrogen and oxygen atoms in total. The molecule has 0 unspecified atom stereocenters. The van der Waals surface area contributed by atoms with Crippen LogP contribution in [0.3, 0.4) is 0 Å². The number of esters is 1. The lowest BCUT2D eigenvalue weighted by Gasteiger charge is -2.26. The molecule has 0 radical (unpaired) electrons. The van der Waals surface area contributed by atoms with E-state index in [-0.39, 0.29) is 12.5 Å². The summed E-state index contributed by atoms with van der Waals surface area (Å²) in [5.41, 5.74) is 1.26. The van der Waals surface area contributed by atoms with Crippen molar-refractivity contribution in [2.45, 2.75) is 31.3 Å². The highest BCUT2D eigenvalue weighted by Crippen LogP contribution is 2.34. The zero-order chi connectivity index (χ0) is 28.2. The Balaban J connectivity index is 1.59. The minimum absolute atomic E-state index is 0.0616. The number of carbonyl (C=O) groups excluding carboxylic acids is 1. The molecule has 0 bridgehead atoms. The zero-order valence-corrected chi connectivity index (χ0v) is 25.8. The van der Waals surface area contributed by atoms with Gasteiger partial charge in [-0.25, -0.2) is 9.97 Å². The van der Waals surface area contributed by atoms with Gasteiger partial charge in [0.25, 0.3) is 0 Å². The number of fused-ring (bicyclic) bond motifs is 1. The van der Waals surface area contributed by atoms with Crippen LogP contribution < -0.4 is 9.62 Å². The average molecular weight is 632 g/mol. The number of aromatic nitrogens is 3. The van der Waals surface area contributed by atoms with Gasteiger partial charge in [0.1, 0.15) is 18.0 Å². The van der Waals surface area contributed by atoms with Gasteiger partial charge in [-0.2, -0.15) is 0 Å². The summed E-state index contributed by atoms with van der Waals surface area (Å²) in [7, 11) is 4.07. The Morgan fingerprint density at radius 1 is 1.13 bits per heavy atom. The molecule has 1 N–H and O–H groups in total. The summed E-state index contributed by atoms with van der Waals surface area (Å²) in [6.07, 6.45) is 5.47. The molecule has 4 rings (SSSR count). The molecule has 2 aromatic carbocycles. The van der Waals surface area contributed by atoms with Crippen molar-refractivity contribution in [1.29, 1.82) is 0 Å². The Hall–Kier alpha value is -2.79. The van der Waals surface area contributed by atoms with Gasteiger partial charge in [-0.15, -0.1) is 0 Å². The van der Waals surface area contributed by atoms with Crippen LogP contribution in [0.4, 0.5) is 11.5 Å². The minimum Gasteiger partial charge on any atom is -0.459 e. The fraction of sp³-hybridized carbons (Fsp3) is 0.321. The standard InChI is InChI=1S/C28H32BrClN6O2S/c1-28(2,3)38-27(37)18-36(39-23-14-20(29)13-21(30)15-23)22-6-7-24-19(12-22)8-10-35(24)26-17-32-25(16-33-26)31-9-11-34(4)5/h6-8,10,12-17H,9,11,18H2,1-5H3,(H,31,32). The third-order valence-corrected chi connectivity index (χ3v) is 7.14. The number of nitrogens with zero attached hydrogens (tertiary/aromatic N) is 5. The molecule has 2 heterocycles. The van der Waals surface area contributed by atoms with E-state index in [1.165, 1.54) is 11.9 Å². The topological polar surface area (TPSA) is 75.5 Å². The summed E-state index contributed by atoms with van der Waals surface area (Å²) in [6, 6.07) is 13.7. The number of carbonyl (C=O) groups is 1. The molecule has 0 aliphatic heterocycles. The summed E-state index contributed by atoms with van der Waals surface area (Å²) in [5, 5.41) is 4.89. The van der Waals surface area contributed by atoms with Crippen LogP contribution in [0, 0.1) is 0 Å². The number of nitrogens with one attached hydrogen (secondary N) is 1. The third kappa shape index (κ3) is 8.35. The number of rotatable bonds is 10. The van der Waals surface area contributed by atoms with Crippen LogP contribution >= 0.6 is 39.5 Å². The Labute approximate surface area is 247 Å². The van der Waals surface area contributed by atoms with Crippen molar-refractivity contribution in [1.82, 2.24) is 19.4 Å². The smallest absolute Gasteiger partial charge is 0.327 e. The molecular formula is C28H32BrClN6O2S. The lowest BCUT2D eigenvalue weighted by molar-refractivity contribution is -0.152. The van der Waals surface area contributed by atoms with Crippen molar-refractivity contribution in [2.24, 2.45) is 0 Å². The largest absolute Gasteiger partial charge is 0.459 e. The van der Waals surface area contributed by atoms with Crippen molar-refractivity contribution in [2.75, 3.05) is 43.4 Å². The molecule has 0 saturated heterocycles. The first-order valence-electron chi connectivity index (χ1n) is 12.4. The zero-order valence-electron chi connectivity index (χ0n) is 22.6. The quantitative estimate of drug-likeness (QED) is 0.154. The van der Waals surface area contributed by atoms with Gasteiger partial charge in [0.2, 0.25) is 0 Å². The van der Waals surface area contributed by atoms with E-state index < -0.39 is 5.60 Å². The number of anilines is 2. The molecule has 0 saturated carbocycles. The molecule has 0 atom stereocenters. The van der Waals surface area contributed by atoms with Crippen LogP contribution in [0.5, 0.6) is 0 Å². The maximum atomic E-state index is 12.8. The first-order chi connectivity index (χ1) is 18.5. The van der Waals surface area contributed by atoms with Crippen LogP contribution in [0.1, 0.15) is 20.8 Å². The van der Waals surface area contributed by atoms with Gasteiger partial charge in [-0.05, 0) is 89.3 Å². The number of ether oxygens (including phenoxy) is 1. The highest BCUT2D eigenvalue weighted by molar-refractivity contribution is 9.10. The van der Waals surface area contributed by atoms with Gasteiger partial charge in [0.05, 0.1) is 17.9 Å². The average Bonchev–Trinajstić information content (AvgIpc) is 3.25. The van der Waals surface area contributed by atoms with Gasteiger partial charge in [-0.1, -0.05) is 27.5 Å². The Morgan fingerprint density at radius 3 is 2.59 bits per heavy atom. The fourth-order valence-corrected chi connectivity index (χ4v) is 5.88. The van der Waals surface area contributed by atoms with Gasteiger partial charge < -0.3 is 19.3 Å². The maximum absolute atomic E-state index is 12.8. The van der Waals surface area contributed by atoms with Crippen molar-refractivity contribution in [3.05, 3.63) is 70.6 Å². The summed E-state index contributed by atoms with van der Waals surface area (Å²) < 4.78 is 10.4. The van der Waals surface area contributed by atoms with Crippen LogP contribution in [0.15, 0.2) is 70.4 Å². The van der Waals surface area contributed by atoms with Gasteiger partial charge >= 0.3 is 5.97 Å². The molecule has 0 aliphatic rings. The van der Waals surface area contributed by atoms with E-state index in [1.807, 2.05) is 92.4 Å². The van der Waals surface area contributed by atoms with Crippen LogP contribution in [0.2, 0.25) is 5.02 Å². The second-order valence-corrected chi connectivity index (χ2v) is 12.7. The molecule has 0 fully saturated rings. The van der Waals surface area contributed by atoms with Crippen LogP contribution in [0.25, 0.3) is 16.7 Å². The SMILES string of the molecule is CN(C)CCNc1cnc(-n2ccc3cc(N(CC(=O)OC(C)(C)C)Sc4cc(Cl)cc(Br)c4)ccc32)cn1. The monoisotopic (exact) mass is 630 g/mol. The van der Waals surface area contributed by atoms with Gasteiger partial charge in [0.15, 0.2) is 5.82 Å². The number of hydrogen-bond donors (Lipinski definition) is 1. The number of halogens is 2. The van der Waals surface area contributed by atoms with Crippen molar-refractivity contribution in [3.8, 4) is 5.82 Å². The molecule has 0 aliphatic carbocycles. The molecule has 0 spiro atoms. The minimum atomic E-state index is -0.577. The van der Waals surface area contributed by atoms with E-state index >= 15 is 0 Å². The van der Waals surface area contributed by atoms with E-state index in [4.69, 9.17) is 16.3 Å². The first kappa shape index (κ1) is 29.2. The van der Waals surface area contributed by atoms with E-state index in [0.717, 1.165) is 50.7 Å². The molecule has 4 aromatic rings. The van der Waals surface area contributed by atoms with Crippen LogP contribution in [-0.2, 0) is 9.53 Å². The molecule has 39 heavy (non-hydrogen) atoms. The van der Waals surface area contributed by atoms with E-state index in [2.05, 4.69) is 36.1 Å². The number of likely N-dealkylation sites (N-methyl/N-ethyl adjacent to an activating group) is 1. The Morgan fingerprint density at radius 2 is 1.92 bits per heavy atom. The molecule has 206 valence electrons. The lowest BCUT2D eigenvalue weighted by Crippen LogP contribution is -2.31. The second-order valence-electron chi connectivity index (χ2n) is 10.2. The maximum Gasteiger partial charge on any atom is 0.327 e. The van der Waals surface area contributed by atoms with E-state index in [1.54, 1.807) is 12.4 Å². The van der Waals surface area contributed by atoms with E-state index in [9.17, 15) is 4.79 Å². The summed E-state index contributed by atoms with van der Waals surface area (Å²) in [5.74, 6) is 1.14. The van der Waals surface area contributed by atoms with Crippen molar-refractivity contribution < 1.29 is 9.53 Å². The fourth-order valence-electron chi connectivity index (χ4n) is 3.81. The molecule has 11 heteroatoms. The molecular weight excluding hydrogens is 600 g/mol. The van der Waals surface area contributed by atoms with Gasteiger partial charge in [0, 0.05) is 44.8 Å².